The minimum atomic E-state index is -0.416. The molecule has 0 radical (unpaired) electrons. The molecule has 0 atom stereocenters. The maximum atomic E-state index is 10.8. The predicted octanol–water partition coefficient (Wildman–Crippen LogP) is 1.97. The number of rotatable bonds is 3. The second-order valence-corrected chi connectivity index (χ2v) is 7.17. The Morgan fingerprint density at radius 3 is 2.43 bits per heavy atom. The van der Waals surface area contributed by atoms with E-state index < -0.39 is 4.92 Å². The van der Waals surface area contributed by atoms with Crippen LogP contribution in [0.1, 0.15) is 12.8 Å². The molecular formula is C15H22BrN5O2. The minimum absolute atomic E-state index is 0.0212. The Morgan fingerprint density at radius 2 is 1.87 bits per heavy atom. The van der Waals surface area contributed by atoms with Gasteiger partial charge >= 0.3 is 0 Å². The largest absolute Gasteiger partial charge is 0.356 e. The van der Waals surface area contributed by atoms with Crippen LogP contribution in [0, 0.1) is 10.1 Å². The first kappa shape index (κ1) is 16.6. The van der Waals surface area contributed by atoms with Crippen LogP contribution in [-0.4, -0.2) is 72.1 Å². The van der Waals surface area contributed by atoms with E-state index in [-0.39, 0.29) is 5.69 Å². The summed E-state index contributed by atoms with van der Waals surface area (Å²) >= 11 is 3.42. The molecule has 0 bridgehead atoms. The molecule has 0 aromatic carbocycles. The van der Waals surface area contributed by atoms with Crippen molar-refractivity contribution >= 4 is 27.4 Å². The average molecular weight is 384 g/mol. The van der Waals surface area contributed by atoms with Gasteiger partial charge in [0, 0.05) is 51.4 Å². The Balaban J connectivity index is 1.59. The van der Waals surface area contributed by atoms with Crippen molar-refractivity contribution in [3.8, 4) is 0 Å². The lowest BCUT2D eigenvalue weighted by Gasteiger charge is -2.42. The van der Waals surface area contributed by atoms with Crippen LogP contribution in [0.15, 0.2) is 16.7 Å². The normalized spacial score (nSPS) is 21.6. The number of anilines is 1. The van der Waals surface area contributed by atoms with Gasteiger partial charge in [-0.25, -0.2) is 4.98 Å². The maximum absolute atomic E-state index is 10.8. The van der Waals surface area contributed by atoms with Gasteiger partial charge in [-0.05, 0) is 35.8 Å². The first-order valence-electron chi connectivity index (χ1n) is 8.02. The summed E-state index contributed by atoms with van der Waals surface area (Å²) in [5, 5.41) is 10.8. The first-order valence-corrected chi connectivity index (χ1v) is 8.81. The van der Waals surface area contributed by atoms with Crippen LogP contribution in [-0.2, 0) is 0 Å². The monoisotopic (exact) mass is 383 g/mol. The van der Waals surface area contributed by atoms with Crippen molar-refractivity contribution in [2.45, 2.75) is 18.9 Å². The molecule has 0 spiro atoms. The Bertz CT molecular complexity index is 569. The smallest absolute Gasteiger partial charge is 0.288 e. The van der Waals surface area contributed by atoms with Gasteiger partial charge < -0.3 is 9.80 Å². The van der Waals surface area contributed by atoms with Crippen molar-refractivity contribution in [2.75, 3.05) is 51.2 Å². The van der Waals surface area contributed by atoms with Gasteiger partial charge in [-0.15, -0.1) is 0 Å². The summed E-state index contributed by atoms with van der Waals surface area (Å²) in [7, 11) is 2.18. The number of halogens is 1. The summed E-state index contributed by atoms with van der Waals surface area (Å²) in [4.78, 5) is 21.9. The fourth-order valence-corrected chi connectivity index (χ4v) is 3.97. The summed E-state index contributed by atoms with van der Waals surface area (Å²) in [6.07, 6.45) is 3.58. The Morgan fingerprint density at radius 1 is 1.22 bits per heavy atom. The van der Waals surface area contributed by atoms with E-state index in [0.717, 1.165) is 57.9 Å². The number of pyridine rings is 1. The highest BCUT2D eigenvalue weighted by molar-refractivity contribution is 9.10. The van der Waals surface area contributed by atoms with Crippen molar-refractivity contribution in [3.05, 3.63) is 26.9 Å². The number of piperazine rings is 1. The standard InChI is InChI=1S/C15H22BrN5O2/c1-18-6-8-19(9-7-18)12-2-4-20(5-3-12)15-14(16)10-13(11-17-15)21(22)23/h10-12H,2-9H2,1H3. The van der Waals surface area contributed by atoms with Gasteiger partial charge in [-0.3, -0.25) is 15.0 Å². The van der Waals surface area contributed by atoms with Gasteiger partial charge in [0.1, 0.15) is 12.0 Å². The summed E-state index contributed by atoms with van der Waals surface area (Å²) in [5.41, 5.74) is 0.0212. The molecule has 23 heavy (non-hydrogen) atoms. The van der Waals surface area contributed by atoms with Crippen LogP contribution in [0.2, 0.25) is 0 Å². The van der Waals surface area contributed by atoms with E-state index in [9.17, 15) is 10.1 Å². The highest BCUT2D eigenvalue weighted by atomic mass is 79.9. The van der Waals surface area contributed by atoms with Gasteiger partial charge in [-0.2, -0.15) is 0 Å². The molecule has 2 aliphatic rings. The van der Waals surface area contributed by atoms with Gasteiger partial charge in [0.2, 0.25) is 0 Å². The van der Waals surface area contributed by atoms with E-state index in [4.69, 9.17) is 0 Å². The number of aromatic nitrogens is 1. The molecule has 0 amide bonds. The highest BCUT2D eigenvalue weighted by Gasteiger charge is 2.28. The lowest BCUT2D eigenvalue weighted by molar-refractivity contribution is -0.385. The minimum Gasteiger partial charge on any atom is -0.356 e. The number of nitro groups is 1. The molecule has 3 rings (SSSR count). The average Bonchev–Trinajstić information content (AvgIpc) is 2.56. The van der Waals surface area contributed by atoms with E-state index in [1.165, 1.54) is 12.3 Å². The molecule has 3 heterocycles. The molecule has 0 unspecified atom stereocenters. The van der Waals surface area contributed by atoms with Crippen molar-refractivity contribution in [2.24, 2.45) is 0 Å². The number of nitrogens with zero attached hydrogens (tertiary/aromatic N) is 5. The molecular weight excluding hydrogens is 362 g/mol. The number of piperidine rings is 1. The third kappa shape index (κ3) is 3.81. The van der Waals surface area contributed by atoms with Crippen molar-refractivity contribution < 1.29 is 4.92 Å². The van der Waals surface area contributed by atoms with Crippen molar-refractivity contribution in [1.82, 2.24) is 14.8 Å². The molecule has 2 aliphatic heterocycles. The number of likely N-dealkylation sites (N-methyl/N-ethyl adjacent to an activating group) is 1. The summed E-state index contributed by atoms with van der Waals surface area (Å²) < 4.78 is 0.699. The van der Waals surface area contributed by atoms with Crippen LogP contribution < -0.4 is 4.90 Å². The Labute approximate surface area is 144 Å². The number of hydrogen-bond donors (Lipinski definition) is 0. The Hall–Kier alpha value is -1.25. The quantitative estimate of drug-likeness (QED) is 0.587. The van der Waals surface area contributed by atoms with Gasteiger partial charge in [0.15, 0.2) is 0 Å². The van der Waals surface area contributed by atoms with Crippen LogP contribution in [0.5, 0.6) is 0 Å². The molecule has 1 aromatic rings. The second-order valence-electron chi connectivity index (χ2n) is 6.31. The second kappa shape index (κ2) is 7.11. The zero-order valence-electron chi connectivity index (χ0n) is 13.3. The van der Waals surface area contributed by atoms with E-state index in [1.54, 1.807) is 0 Å². The molecule has 0 N–H and O–H groups in total. The van der Waals surface area contributed by atoms with E-state index in [2.05, 4.69) is 42.7 Å². The molecule has 126 valence electrons. The molecule has 7 nitrogen and oxygen atoms in total. The van der Waals surface area contributed by atoms with Crippen LogP contribution in [0.25, 0.3) is 0 Å². The van der Waals surface area contributed by atoms with Crippen LogP contribution in [0.3, 0.4) is 0 Å². The number of hydrogen-bond acceptors (Lipinski definition) is 6. The fourth-order valence-electron chi connectivity index (χ4n) is 3.38. The van der Waals surface area contributed by atoms with E-state index in [0.29, 0.717) is 10.5 Å². The lowest BCUT2D eigenvalue weighted by Crippen LogP contribution is -2.52. The highest BCUT2D eigenvalue weighted by Crippen LogP contribution is 2.30. The van der Waals surface area contributed by atoms with Crippen molar-refractivity contribution in [3.63, 3.8) is 0 Å². The SMILES string of the molecule is CN1CCN(C2CCN(c3ncc([N+](=O)[O-])cc3Br)CC2)CC1. The summed E-state index contributed by atoms with van der Waals surface area (Å²) in [6.45, 7) is 6.49. The topological polar surface area (TPSA) is 65.8 Å². The molecule has 0 aliphatic carbocycles. The fraction of sp³-hybridized carbons (Fsp3) is 0.667. The maximum Gasteiger partial charge on any atom is 0.288 e. The summed E-state index contributed by atoms with van der Waals surface area (Å²) in [5.74, 6) is 0.812. The molecule has 0 saturated carbocycles. The van der Waals surface area contributed by atoms with E-state index >= 15 is 0 Å². The third-order valence-electron chi connectivity index (χ3n) is 4.84. The van der Waals surface area contributed by atoms with Crippen molar-refractivity contribution in [1.29, 1.82) is 0 Å². The molecule has 1 aromatic heterocycles. The zero-order chi connectivity index (χ0) is 16.4. The first-order chi connectivity index (χ1) is 11.0. The van der Waals surface area contributed by atoms with Crippen LogP contribution >= 0.6 is 15.9 Å². The van der Waals surface area contributed by atoms with Gasteiger partial charge in [-0.1, -0.05) is 0 Å². The molecule has 2 saturated heterocycles. The van der Waals surface area contributed by atoms with Crippen LogP contribution in [0.4, 0.5) is 11.5 Å². The predicted molar refractivity (Wildman–Crippen MR) is 92.9 cm³/mol. The third-order valence-corrected chi connectivity index (χ3v) is 5.42. The molecule has 8 heteroatoms. The Kier molecular flexibility index (Phi) is 5.13. The van der Waals surface area contributed by atoms with Gasteiger partial charge in [0.25, 0.3) is 5.69 Å². The van der Waals surface area contributed by atoms with E-state index in [1.807, 2.05) is 0 Å². The lowest BCUT2D eigenvalue weighted by atomic mass is 10.0. The zero-order valence-corrected chi connectivity index (χ0v) is 14.9. The molecule has 2 fully saturated rings. The van der Waals surface area contributed by atoms with Gasteiger partial charge in [0.05, 0.1) is 9.40 Å². The summed E-state index contributed by atoms with van der Waals surface area (Å²) in [6, 6.07) is 2.19.